The maximum Gasteiger partial charge on any atom is 0.227 e. The molecule has 4 nitrogen and oxygen atoms in total. The van der Waals surface area contributed by atoms with Crippen LogP contribution >= 0.6 is 15.9 Å². The number of rotatable bonds is 3. The third-order valence-corrected chi connectivity index (χ3v) is 4.49. The second-order valence-corrected chi connectivity index (χ2v) is 6.12. The first-order valence-corrected chi connectivity index (χ1v) is 7.28. The number of halogens is 1. The molecular formula is C14H19BrN2O2. The average Bonchev–Trinajstić information content (AvgIpc) is 2.42. The minimum Gasteiger partial charge on any atom is -0.394 e. The van der Waals surface area contributed by atoms with Crippen molar-refractivity contribution in [3.8, 4) is 0 Å². The molecule has 0 aliphatic heterocycles. The second kappa shape index (κ2) is 6.03. The SMILES string of the molecule is NC1(CO)CCC(C(=O)Nc2ccccc2Br)CC1. The molecule has 0 heterocycles. The molecule has 5 heteroatoms. The van der Waals surface area contributed by atoms with Gasteiger partial charge in [-0.3, -0.25) is 4.79 Å². The van der Waals surface area contributed by atoms with E-state index in [1.807, 2.05) is 24.3 Å². The highest BCUT2D eigenvalue weighted by Gasteiger charge is 2.33. The van der Waals surface area contributed by atoms with E-state index in [9.17, 15) is 9.90 Å². The van der Waals surface area contributed by atoms with Crippen molar-refractivity contribution >= 4 is 27.5 Å². The number of hydrogen-bond donors (Lipinski definition) is 3. The molecule has 104 valence electrons. The molecular weight excluding hydrogens is 308 g/mol. The van der Waals surface area contributed by atoms with Gasteiger partial charge in [0.2, 0.25) is 5.91 Å². The van der Waals surface area contributed by atoms with E-state index in [0.717, 1.165) is 23.0 Å². The van der Waals surface area contributed by atoms with Crippen LogP contribution < -0.4 is 11.1 Å². The van der Waals surface area contributed by atoms with Crippen molar-refractivity contribution in [1.82, 2.24) is 0 Å². The van der Waals surface area contributed by atoms with Crippen LogP contribution in [0.4, 0.5) is 5.69 Å². The summed E-state index contributed by atoms with van der Waals surface area (Å²) in [4.78, 5) is 12.2. The van der Waals surface area contributed by atoms with E-state index in [2.05, 4.69) is 21.2 Å². The molecule has 0 aromatic heterocycles. The monoisotopic (exact) mass is 326 g/mol. The fourth-order valence-corrected chi connectivity index (χ4v) is 2.79. The van der Waals surface area contributed by atoms with Gasteiger partial charge in [-0.15, -0.1) is 0 Å². The molecule has 1 aromatic rings. The summed E-state index contributed by atoms with van der Waals surface area (Å²) in [6.45, 7) is -0.00836. The van der Waals surface area contributed by atoms with Gasteiger partial charge in [0.05, 0.1) is 12.3 Å². The molecule has 0 saturated heterocycles. The maximum atomic E-state index is 12.2. The number of anilines is 1. The van der Waals surface area contributed by atoms with Crippen LogP contribution in [0.25, 0.3) is 0 Å². The fourth-order valence-electron chi connectivity index (χ4n) is 2.41. The van der Waals surface area contributed by atoms with E-state index in [1.165, 1.54) is 0 Å². The highest BCUT2D eigenvalue weighted by atomic mass is 79.9. The summed E-state index contributed by atoms with van der Waals surface area (Å²) in [5.41, 5.74) is 6.30. The Kier molecular flexibility index (Phi) is 4.60. The van der Waals surface area contributed by atoms with Crippen LogP contribution in [0, 0.1) is 5.92 Å². The number of nitrogens with one attached hydrogen (secondary N) is 1. The third kappa shape index (κ3) is 3.55. The third-order valence-electron chi connectivity index (χ3n) is 3.80. The summed E-state index contributed by atoms with van der Waals surface area (Å²) < 4.78 is 0.877. The summed E-state index contributed by atoms with van der Waals surface area (Å²) in [5, 5.41) is 12.2. The van der Waals surface area contributed by atoms with Crippen LogP contribution in [0.2, 0.25) is 0 Å². The van der Waals surface area contributed by atoms with Gasteiger partial charge in [0.25, 0.3) is 0 Å². The van der Waals surface area contributed by atoms with E-state index >= 15 is 0 Å². The Morgan fingerprint density at radius 3 is 2.63 bits per heavy atom. The van der Waals surface area contributed by atoms with Crippen LogP contribution in [0.1, 0.15) is 25.7 Å². The highest BCUT2D eigenvalue weighted by Crippen LogP contribution is 2.31. The lowest BCUT2D eigenvalue weighted by Gasteiger charge is -2.35. The molecule has 0 radical (unpaired) electrons. The quantitative estimate of drug-likeness (QED) is 0.797. The Morgan fingerprint density at radius 2 is 2.05 bits per heavy atom. The van der Waals surface area contributed by atoms with Gasteiger partial charge < -0.3 is 16.2 Å². The first-order valence-electron chi connectivity index (χ1n) is 6.49. The van der Waals surface area contributed by atoms with Crippen molar-refractivity contribution in [2.75, 3.05) is 11.9 Å². The molecule has 1 saturated carbocycles. The van der Waals surface area contributed by atoms with E-state index < -0.39 is 5.54 Å². The van der Waals surface area contributed by atoms with Gasteiger partial charge in [0.1, 0.15) is 0 Å². The predicted octanol–water partition coefficient (Wildman–Crippen LogP) is 2.27. The Morgan fingerprint density at radius 1 is 1.42 bits per heavy atom. The minimum atomic E-state index is -0.496. The molecule has 0 unspecified atom stereocenters. The van der Waals surface area contributed by atoms with Crippen molar-refractivity contribution in [1.29, 1.82) is 0 Å². The fraction of sp³-hybridized carbons (Fsp3) is 0.500. The van der Waals surface area contributed by atoms with Gasteiger partial charge in [-0.05, 0) is 53.7 Å². The Hall–Kier alpha value is -0.910. The molecule has 1 aliphatic rings. The van der Waals surface area contributed by atoms with Crippen LogP contribution in [-0.2, 0) is 4.79 Å². The lowest BCUT2D eigenvalue weighted by Crippen LogP contribution is -2.47. The number of para-hydroxylation sites is 1. The zero-order chi connectivity index (χ0) is 13.9. The predicted molar refractivity (Wildman–Crippen MR) is 78.7 cm³/mol. The van der Waals surface area contributed by atoms with Gasteiger partial charge in [-0.2, -0.15) is 0 Å². The molecule has 1 aliphatic carbocycles. The lowest BCUT2D eigenvalue weighted by molar-refractivity contribution is -0.121. The Balaban J connectivity index is 1.94. The van der Waals surface area contributed by atoms with Gasteiger partial charge >= 0.3 is 0 Å². The van der Waals surface area contributed by atoms with Crippen LogP contribution in [0.3, 0.4) is 0 Å². The Labute approximate surface area is 121 Å². The summed E-state index contributed by atoms with van der Waals surface area (Å²) in [6.07, 6.45) is 2.84. The molecule has 1 fully saturated rings. The molecule has 2 rings (SSSR count). The molecule has 1 aromatic carbocycles. The van der Waals surface area contributed by atoms with Gasteiger partial charge in [0, 0.05) is 15.9 Å². The summed E-state index contributed by atoms with van der Waals surface area (Å²) in [5.74, 6) is 0.0159. The summed E-state index contributed by atoms with van der Waals surface area (Å²) >= 11 is 3.41. The normalized spacial score (nSPS) is 27.0. The van der Waals surface area contributed by atoms with Crippen molar-refractivity contribution in [2.24, 2.45) is 11.7 Å². The first-order chi connectivity index (χ1) is 9.04. The average molecular weight is 327 g/mol. The van der Waals surface area contributed by atoms with Gasteiger partial charge in [0.15, 0.2) is 0 Å². The number of benzene rings is 1. The van der Waals surface area contributed by atoms with Crippen molar-refractivity contribution in [3.05, 3.63) is 28.7 Å². The molecule has 0 spiro atoms. The van der Waals surface area contributed by atoms with Gasteiger partial charge in [-0.1, -0.05) is 12.1 Å². The van der Waals surface area contributed by atoms with E-state index in [-0.39, 0.29) is 18.4 Å². The first kappa shape index (κ1) is 14.5. The standard InChI is InChI=1S/C14H19BrN2O2/c15-11-3-1-2-4-12(11)17-13(19)10-5-7-14(16,9-18)8-6-10/h1-4,10,18H,5-9,16H2,(H,17,19). The Bertz CT molecular complexity index is 457. The number of amides is 1. The second-order valence-electron chi connectivity index (χ2n) is 5.26. The van der Waals surface area contributed by atoms with Crippen molar-refractivity contribution < 1.29 is 9.90 Å². The molecule has 4 N–H and O–H groups in total. The molecule has 19 heavy (non-hydrogen) atoms. The zero-order valence-electron chi connectivity index (χ0n) is 10.7. The number of nitrogens with two attached hydrogens (primary N) is 1. The number of aliphatic hydroxyl groups is 1. The number of carbonyl (C=O) groups excluding carboxylic acids is 1. The van der Waals surface area contributed by atoms with E-state index in [1.54, 1.807) is 0 Å². The van der Waals surface area contributed by atoms with Crippen LogP contribution in [0.15, 0.2) is 28.7 Å². The summed E-state index contributed by atoms with van der Waals surface area (Å²) in [6, 6.07) is 7.56. The highest BCUT2D eigenvalue weighted by molar-refractivity contribution is 9.10. The van der Waals surface area contributed by atoms with E-state index in [4.69, 9.17) is 5.73 Å². The van der Waals surface area contributed by atoms with Crippen LogP contribution in [0.5, 0.6) is 0 Å². The molecule has 1 amide bonds. The number of carbonyl (C=O) groups is 1. The lowest BCUT2D eigenvalue weighted by atomic mass is 9.77. The summed E-state index contributed by atoms with van der Waals surface area (Å²) in [7, 11) is 0. The van der Waals surface area contributed by atoms with Crippen molar-refractivity contribution in [3.63, 3.8) is 0 Å². The van der Waals surface area contributed by atoms with E-state index in [0.29, 0.717) is 12.8 Å². The van der Waals surface area contributed by atoms with Crippen LogP contribution in [-0.4, -0.2) is 23.2 Å². The number of aliphatic hydroxyl groups excluding tert-OH is 1. The maximum absolute atomic E-state index is 12.2. The largest absolute Gasteiger partial charge is 0.394 e. The van der Waals surface area contributed by atoms with Crippen molar-refractivity contribution in [2.45, 2.75) is 31.2 Å². The van der Waals surface area contributed by atoms with Gasteiger partial charge in [-0.25, -0.2) is 0 Å². The topological polar surface area (TPSA) is 75.3 Å². The number of hydrogen-bond acceptors (Lipinski definition) is 3. The molecule has 0 bridgehead atoms. The zero-order valence-corrected chi connectivity index (χ0v) is 12.3. The molecule has 0 atom stereocenters. The smallest absolute Gasteiger partial charge is 0.227 e. The minimum absolute atomic E-state index is 0.00836.